The van der Waals surface area contributed by atoms with Gasteiger partial charge in [0, 0.05) is 38.5 Å². The summed E-state index contributed by atoms with van der Waals surface area (Å²) in [5.74, 6) is 0. The molecule has 0 saturated heterocycles. The summed E-state index contributed by atoms with van der Waals surface area (Å²) >= 11 is 0. The van der Waals surface area contributed by atoms with Gasteiger partial charge in [0.15, 0.2) is 0 Å². The van der Waals surface area contributed by atoms with Crippen LogP contribution in [-0.2, 0) is 6.42 Å². The summed E-state index contributed by atoms with van der Waals surface area (Å²) in [6.07, 6.45) is 6.74. The van der Waals surface area contributed by atoms with Gasteiger partial charge in [0.25, 0.3) is 0 Å². The lowest BCUT2D eigenvalue weighted by molar-refractivity contribution is 0.979. The van der Waals surface area contributed by atoms with Gasteiger partial charge in [-0.25, -0.2) is 0 Å². The number of nitrogens with zero attached hydrogens (tertiary/aromatic N) is 2. The first-order valence-corrected chi connectivity index (χ1v) is 14.8. The van der Waals surface area contributed by atoms with Crippen LogP contribution in [0.1, 0.15) is 17.5 Å². The minimum atomic E-state index is 1.09. The van der Waals surface area contributed by atoms with Crippen molar-refractivity contribution in [3.05, 3.63) is 151 Å². The zero-order valence-electron chi connectivity index (χ0n) is 23.2. The largest absolute Gasteiger partial charge is 0.309 e. The van der Waals surface area contributed by atoms with E-state index in [1.807, 2.05) is 0 Å². The Morgan fingerprint density at radius 1 is 0.476 bits per heavy atom. The molecular weight excluding hydrogens is 508 g/mol. The smallest absolute Gasteiger partial charge is 0.0619 e. The number of para-hydroxylation sites is 4. The summed E-state index contributed by atoms with van der Waals surface area (Å²) in [7, 11) is 0. The topological polar surface area (TPSA) is 9.86 Å². The molecule has 2 aromatic heterocycles. The van der Waals surface area contributed by atoms with E-state index in [4.69, 9.17) is 0 Å². The molecule has 0 bridgehead atoms. The lowest BCUT2D eigenvalue weighted by atomic mass is 9.96. The molecule has 0 N–H and O–H groups in total. The average Bonchev–Trinajstić information content (AvgIpc) is 3.58. The number of benzene rings is 6. The van der Waals surface area contributed by atoms with Crippen LogP contribution < -0.4 is 0 Å². The Morgan fingerprint density at radius 3 is 2.05 bits per heavy atom. The number of allylic oxidation sites excluding steroid dienone is 1. The molecule has 2 nitrogen and oxygen atoms in total. The molecule has 0 radical (unpaired) electrons. The zero-order valence-corrected chi connectivity index (χ0v) is 23.2. The first-order valence-electron chi connectivity index (χ1n) is 14.8. The second-order valence-corrected chi connectivity index (χ2v) is 11.3. The van der Waals surface area contributed by atoms with E-state index in [9.17, 15) is 0 Å². The Balaban J connectivity index is 1.36. The Morgan fingerprint density at radius 2 is 1.19 bits per heavy atom. The van der Waals surface area contributed by atoms with Crippen molar-refractivity contribution in [2.75, 3.05) is 0 Å². The van der Waals surface area contributed by atoms with E-state index in [1.165, 1.54) is 77.2 Å². The van der Waals surface area contributed by atoms with E-state index in [1.54, 1.807) is 0 Å². The molecule has 2 heteroatoms. The fourth-order valence-corrected chi connectivity index (χ4v) is 7.07. The van der Waals surface area contributed by atoms with Crippen molar-refractivity contribution in [3.8, 4) is 22.5 Å². The van der Waals surface area contributed by atoms with Crippen molar-refractivity contribution >= 4 is 49.7 Å². The summed E-state index contributed by atoms with van der Waals surface area (Å²) in [4.78, 5) is 0. The summed E-state index contributed by atoms with van der Waals surface area (Å²) in [5, 5.41) is 5.11. The number of hydrogen-bond acceptors (Lipinski definition) is 0. The molecule has 6 aromatic carbocycles. The molecular formula is C40H28N2. The van der Waals surface area contributed by atoms with Crippen molar-refractivity contribution in [3.63, 3.8) is 0 Å². The molecule has 0 amide bonds. The lowest BCUT2D eigenvalue weighted by Crippen LogP contribution is -2.00. The number of aryl methyl sites for hydroxylation is 1. The van der Waals surface area contributed by atoms with E-state index in [0.29, 0.717) is 0 Å². The maximum absolute atomic E-state index is 2.48. The van der Waals surface area contributed by atoms with Crippen LogP contribution in [0, 0.1) is 0 Å². The van der Waals surface area contributed by atoms with Crippen molar-refractivity contribution < 1.29 is 0 Å². The third-order valence-electron chi connectivity index (χ3n) is 8.96. The molecule has 8 aromatic rings. The molecule has 9 rings (SSSR count). The minimum Gasteiger partial charge on any atom is -0.309 e. The van der Waals surface area contributed by atoms with Crippen molar-refractivity contribution in [2.24, 2.45) is 0 Å². The Labute approximate surface area is 244 Å². The van der Waals surface area contributed by atoms with Gasteiger partial charge >= 0.3 is 0 Å². The van der Waals surface area contributed by atoms with E-state index in [-0.39, 0.29) is 0 Å². The van der Waals surface area contributed by atoms with Crippen molar-refractivity contribution in [1.82, 2.24) is 9.13 Å². The predicted octanol–water partition coefficient (Wildman–Crippen LogP) is 10.5. The summed E-state index contributed by atoms with van der Waals surface area (Å²) in [6, 6.07) is 49.0. The Hall–Kier alpha value is -5.34. The van der Waals surface area contributed by atoms with Crippen LogP contribution >= 0.6 is 0 Å². The molecule has 1 aliphatic rings. The summed E-state index contributed by atoms with van der Waals surface area (Å²) < 4.78 is 4.89. The number of aromatic nitrogens is 2. The zero-order chi connectivity index (χ0) is 27.6. The van der Waals surface area contributed by atoms with Gasteiger partial charge in [-0.1, -0.05) is 103 Å². The lowest BCUT2D eigenvalue weighted by Gasteiger charge is -2.16. The van der Waals surface area contributed by atoms with Crippen LogP contribution in [0.4, 0.5) is 0 Å². The molecule has 198 valence electrons. The fraction of sp³-hybridized carbons (Fsp3) is 0.0500. The highest BCUT2D eigenvalue weighted by Gasteiger charge is 2.19. The molecule has 0 unspecified atom stereocenters. The molecule has 2 heterocycles. The standard InChI is InChI=1S/C40H28N2/c1-2-13-30(14-3-1)41-37-19-8-6-15-33(37)35-24-22-29(26-39(35)41)32-17-10-18-36-34-16-7-9-20-38(34)42(40(32)36)31-23-21-27-11-4-5-12-28(27)25-31/h1-4,6-11,13-26H,5,12H2. The van der Waals surface area contributed by atoms with Gasteiger partial charge in [0.05, 0.1) is 22.1 Å². The van der Waals surface area contributed by atoms with E-state index < -0.39 is 0 Å². The second-order valence-electron chi connectivity index (χ2n) is 11.3. The summed E-state index contributed by atoms with van der Waals surface area (Å²) in [5.41, 5.74) is 12.6. The van der Waals surface area contributed by atoms with Gasteiger partial charge in [-0.15, -0.1) is 0 Å². The van der Waals surface area contributed by atoms with E-state index in [0.717, 1.165) is 12.8 Å². The van der Waals surface area contributed by atoms with Crippen LogP contribution in [0.5, 0.6) is 0 Å². The monoisotopic (exact) mass is 536 g/mol. The summed E-state index contributed by atoms with van der Waals surface area (Å²) in [6.45, 7) is 0. The highest BCUT2D eigenvalue weighted by Crippen LogP contribution is 2.41. The molecule has 42 heavy (non-hydrogen) atoms. The number of fused-ring (bicyclic) bond motifs is 7. The number of hydrogen-bond donors (Lipinski definition) is 0. The van der Waals surface area contributed by atoms with Crippen LogP contribution in [0.3, 0.4) is 0 Å². The van der Waals surface area contributed by atoms with Gasteiger partial charge in [-0.2, -0.15) is 0 Å². The van der Waals surface area contributed by atoms with Gasteiger partial charge in [0.1, 0.15) is 0 Å². The second kappa shape index (κ2) is 9.09. The first kappa shape index (κ1) is 23.4. The van der Waals surface area contributed by atoms with Crippen molar-refractivity contribution in [1.29, 1.82) is 0 Å². The Kier molecular flexibility index (Phi) is 5.06. The molecule has 0 fully saturated rings. The first-order chi connectivity index (χ1) is 20.8. The molecule has 1 aliphatic carbocycles. The quantitative estimate of drug-likeness (QED) is 0.213. The minimum absolute atomic E-state index is 1.09. The van der Waals surface area contributed by atoms with Gasteiger partial charge in [0.2, 0.25) is 0 Å². The van der Waals surface area contributed by atoms with Crippen molar-refractivity contribution in [2.45, 2.75) is 12.8 Å². The van der Waals surface area contributed by atoms with E-state index >= 15 is 0 Å². The van der Waals surface area contributed by atoms with Crippen LogP contribution in [0.15, 0.2) is 140 Å². The average molecular weight is 537 g/mol. The van der Waals surface area contributed by atoms with Gasteiger partial charge in [-0.3, -0.25) is 0 Å². The van der Waals surface area contributed by atoms with Gasteiger partial charge < -0.3 is 9.13 Å². The molecule has 0 aliphatic heterocycles. The highest BCUT2D eigenvalue weighted by atomic mass is 15.0. The Bertz CT molecular complexity index is 2350. The normalized spacial score (nSPS) is 13.0. The number of rotatable bonds is 3. The third kappa shape index (κ3) is 3.39. The molecule has 0 atom stereocenters. The van der Waals surface area contributed by atoms with Crippen LogP contribution in [0.25, 0.3) is 72.2 Å². The SMILES string of the molecule is C1=Cc2ccc(-n3c4ccccc4c4cccc(-c5ccc6c7ccccc7n(-c7ccccc7)c6c5)c43)cc2CC1. The predicted molar refractivity (Wildman–Crippen MR) is 178 cm³/mol. The fourth-order valence-electron chi connectivity index (χ4n) is 7.07. The molecule has 0 saturated carbocycles. The third-order valence-corrected chi connectivity index (χ3v) is 8.96. The van der Waals surface area contributed by atoms with Crippen LogP contribution in [-0.4, -0.2) is 9.13 Å². The van der Waals surface area contributed by atoms with Crippen LogP contribution in [0.2, 0.25) is 0 Å². The van der Waals surface area contributed by atoms with E-state index in [2.05, 4.69) is 155 Å². The maximum Gasteiger partial charge on any atom is 0.0619 e. The molecule has 0 spiro atoms. The highest BCUT2D eigenvalue weighted by molar-refractivity contribution is 6.15. The maximum atomic E-state index is 2.48. The van der Waals surface area contributed by atoms with Gasteiger partial charge in [-0.05, 0) is 72.0 Å².